The first-order chi connectivity index (χ1) is 13.2. The number of aromatic nitrogens is 3. The van der Waals surface area contributed by atoms with Gasteiger partial charge in [-0.1, -0.05) is 5.16 Å². The van der Waals surface area contributed by atoms with Crippen LogP contribution in [0.3, 0.4) is 0 Å². The molecule has 0 aliphatic carbocycles. The van der Waals surface area contributed by atoms with E-state index in [-0.39, 0.29) is 5.82 Å². The van der Waals surface area contributed by atoms with Gasteiger partial charge in [0.2, 0.25) is 5.82 Å². The van der Waals surface area contributed by atoms with Gasteiger partial charge in [-0.3, -0.25) is 0 Å². The molecule has 0 N–H and O–H groups in total. The van der Waals surface area contributed by atoms with Gasteiger partial charge in [-0.05, 0) is 49.2 Å². The van der Waals surface area contributed by atoms with Crippen LogP contribution in [-0.4, -0.2) is 28.5 Å². The van der Waals surface area contributed by atoms with E-state index >= 15 is 0 Å². The minimum Gasteiger partial charge on any atom is -0.493 e. The van der Waals surface area contributed by atoms with Crippen LogP contribution in [0.2, 0.25) is 0 Å². The monoisotopic (exact) mass is 397 g/mol. The van der Waals surface area contributed by atoms with Gasteiger partial charge in [0, 0.05) is 18.1 Å². The fraction of sp³-hybridized carbons (Fsp3) is 0.389. The number of alkyl halides is 3. The number of hydrogen-bond acceptors (Lipinski definition) is 7. The number of halogens is 3. The summed E-state index contributed by atoms with van der Waals surface area (Å²) < 4.78 is 58.3. The SMILES string of the molecule is Cc1cc(OCCCOc2c(C)cc(-c3noc(C(F)(F)F)n3)cc2C)no1. The van der Waals surface area contributed by atoms with E-state index < -0.39 is 12.1 Å². The highest BCUT2D eigenvalue weighted by Crippen LogP contribution is 2.32. The molecule has 0 radical (unpaired) electrons. The summed E-state index contributed by atoms with van der Waals surface area (Å²) in [5.74, 6) is 0.247. The standard InChI is InChI=1S/C18H18F3N3O4/c1-10-7-13(16-22-17(28-24-16)18(19,20)21)8-11(2)15(10)26-6-4-5-25-14-9-12(3)27-23-14/h7-9H,4-6H2,1-3H3. The predicted octanol–water partition coefficient (Wildman–Crippen LogP) is 4.52. The molecule has 10 heteroatoms. The molecule has 2 heterocycles. The smallest absolute Gasteiger partial charge is 0.471 e. The van der Waals surface area contributed by atoms with E-state index in [9.17, 15) is 13.2 Å². The number of hydrogen-bond donors (Lipinski definition) is 0. The second-order valence-electron chi connectivity index (χ2n) is 6.19. The summed E-state index contributed by atoms with van der Waals surface area (Å²) in [5, 5.41) is 7.13. The fourth-order valence-corrected chi connectivity index (χ4v) is 2.58. The third-order valence-corrected chi connectivity index (χ3v) is 3.78. The van der Waals surface area contributed by atoms with Gasteiger partial charge in [0.25, 0.3) is 5.88 Å². The topological polar surface area (TPSA) is 83.4 Å². The Labute approximate surface area is 158 Å². The summed E-state index contributed by atoms with van der Waals surface area (Å²) in [7, 11) is 0. The van der Waals surface area contributed by atoms with E-state index in [0.29, 0.717) is 42.6 Å². The summed E-state index contributed by atoms with van der Waals surface area (Å²) in [4.78, 5) is 3.41. The van der Waals surface area contributed by atoms with Gasteiger partial charge in [0.05, 0.1) is 13.2 Å². The molecule has 3 aromatic rings. The molecule has 3 rings (SSSR count). The van der Waals surface area contributed by atoms with Gasteiger partial charge in [0.15, 0.2) is 0 Å². The van der Waals surface area contributed by atoms with Crippen LogP contribution in [0.25, 0.3) is 11.4 Å². The molecule has 28 heavy (non-hydrogen) atoms. The van der Waals surface area contributed by atoms with E-state index in [4.69, 9.17) is 14.0 Å². The molecule has 0 saturated carbocycles. The zero-order chi connectivity index (χ0) is 20.3. The number of nitrogens with zero attached hydrogens (tertiary/aromatic N) is 3. The molecule has 0 spiro atoms. The molecule has 0 unspecified atom stereocenters. The Morgan fingerprint density at radius 3 is 2.18 bits per heavy atom. The summed E-state index contributed by atoms with van der Waals surface area (Å²) in [5.41, 5.74) is 1.93. The van der Waals surface area contributed by atoms with Crippen LogP contribution in [0, 0.1) is 20.8 Å². The third kappa shape index (κ3) is 4.62. The molecular weight excluding hydrogens is 379 g/mol. The highest BCUT2D eigenvalue weighted by Gasteiger charge is 2.38. The lowest BCUT2D eigenvalue weighted by molar-refractivity contribution is -0.159. The van der Waals surface area contributed by atoms with Gasteiger partial charge in [-0.2, -0.15) is 18.2 Å². The summed E-state index contributed by atoms with van der Waals surface area (Å²) >= 11 is 0. The molecule has 0 aliphatic heterocycles. The third-order valence-electron chi connectivity index (χ3n) is 3.78. The summed E-state index contributed by atoms with van der Waals surface area (Å²) in [6, 6.07) is 5.00. The van der Waals surface area contributed by atoms with Gasteiger partial charge >= 0.3 is 12.1 Å². The first kappa shape index (κ1) is 19.7. The Kier molecular flexibility index (Phi) is 5.57. The molecule has 0 amide bonds. The van der Waals surface area contributed by atoms with Crippen LogP contribution in [-0.2, 0) is 6.18 Å². The molecular formula is C18H18F3N3O4. The van der Waals surface area contributed by atoms with Crippen molar-refractivity contribution in [1.82, 2.24) is 15.3 Å². The lowest BCUT2D eigenvalue weighted by Gasteiger charge is -2.13. The Morgan fingerprint density at radius 1 is 0.929 bits per heavy atom. The number of ether oxygens (including phenoxy) is 2. The highest BCUT2D eigenvalue weighted by molar-refractivity contribution is 5.61. The Morgan fingerprint density at radius 2 is 1.61 bits per heavy atom. The van der Waals surface area contributed by atoms with Crippen molar-refractivity contribution >= 4 is 0 Å². The van der Waals surface area contributed by atoms with E-state index in [0.717, 1.165) is 11.1 Å². The van der Waals surface area contributed by atoms with Crippen molar-refractivity contribution in [3.05, 3.63) is 41.0 Å². The maximum absolute atomic E-state index is 12.6. The predicted molar refractivity (Wildman–Crippen MR) is 91.1 cm³/mol. The average molecular weight is 397 g/mol. The molecule has 150 valence electrons. The first-order valence-corrected chi connectivity index (χ1v) is 8.45. The summed E-state index contributed by atoms with van der Waals surface area (Å²) in [6.45, 7) is 6.18. The Bertz CT molecular complexity index is 927. The van der Waals surface area contributed by atoms with Gasteiger partial charge in [-0.25, -0.2) is 0 Å². The van der Waals surface area contributed by atoms with Crippen molar-refractivity contribution < 1.29 is 31.7 Å². The molecule has 0 bridgehead atoms. The van der Waals surface area contributed by atoms with Crippen molar-refractivity contribution in [3.8, 4) is 23.0 Å². The van der Waals surface area contributed by atoms with Crippen molar-refractivity contribution in [2.45, 2.75) is 33.4 Å². The second kappa shape index (κ2) is 7.91. The lowest BCUT2D eigenvalue weighted by atomic mass is 10.1. The van der Waals surface area contributed by atoms with E-state index in [1.54, 1.807) is 39.0 Å². The maximum atomic E-state index is 12.6. The van der Waals surface area contributed by atoms with Crippen LogP contribution in [0.5, 0.6) is 11.6 Å². The van der Waals surface area contributed by atoms with Crippen molar-refractivity contribution in [2.24, 2.45) is 0 Å². The maximum Gasteiger partial charge on any atom is 0.471 e. The minimum absolute atomic E-state index is 0.124. The van der Waals surface area contributed by atoms with E-state index in [2.05, 4.69) is 19.8 Å². The van der Waals surface area contributed by atoms with Crippen LogP contribution < -0.4 is 9.47 Å². The zero-order valence-electron chi connectivity index (χ0n) is 15.5. The van der Waals surface area contributed by atoms with E-state index in [1.165, 1.54) is 0 Å². The molecule has 1 aromatic carbocycles. The largest absolute Gasteiger partial charge is 0.493 e. The van der Waals surface area contributed by atoms with Gasteiger partial charge < -0.3 is 18.5 Å². The van der Waals surface area contributed by atoms with E-state index in [1.807, 2.05) is 0 Å². The van der Waals surface area contributed by atoms with Crippen molar-refractivity contribution in [3.63, 3.8) is 0 Å². The molecule has 2 aromatic heterocycles. The zero-order valence-corrected chi connectivity index (χ0v) is 15.5. The second-order valence-corrected chi connectivity index (χ2v) is 6.19. The van der Waals surface area contributed by atoms with Crippen LogP contribution in [0.15, 0.2) is 27.2 Å². The van der Waals surface area contributed by atoms with Crippen LogP contribution in [0.4, 0.5) is 13.2 Å². The number of rotatable bonds is 7. The molecule has 0 aliphatic rings. The molecule has 0 saturated heterocycles. The quantitative estimate of drug-likeness (QED) is 0.542. The molecule has 0 atom stereocenters. The summed E-state index contributed by atoms with van der Waals surface area (Å²) in [6.07, 6.45) is -4.06. The normalized spacial score (nSPS) is 11.6. The number of aryl methyl sites for hydroxylation is 3. The van der Waals surface area contributed by atoms with Crippen molar-refractivity contribution in [2.75, 3.05) is 13.2 Å². The molecule has 7 nitrogen and oxygen atoms in total. The minimum atomic E-state index is -4.68. The number of benzene rings is 1. The van der Waals surface area contributed by atoms with Crippen LogP contribution >= 0.6 is 0 Å². The van der Waals surface area contributed by atoms with Crippen LogP contribution in [0.1, 0.15) is 29.2 Å². The fourth-order valence-electron chi connectivity index (χ4n) is 2.58. The van der Waals surface area contributed by atoms with Gasteiger partial charge in [0.1, 0.15) is 11.5 Å². The average Bonchev–Trinajstić information content (AvgIpc) is 3.25. The first-order valence-electron chi connectivity index (χ1n) is 8.45. The Balaban J connectivity index is 1.59. The molecule has 0 fully saturated rings. The van der Waals surface area contributed by atoms with Crippen molar-refractivity contribution in [1.29, 1.82) is 0 Å². The Hall–Kier alpha value is -3.04. The lowest BCUT2D eigenvalue weighted by Crippen LogP contribution is -2.07. The van der Waals surface area contributed by atoms with Gasteiger partial charge in [-0.15, -0.1) is 0 Å². The highest BCUT2D eigenvalue weighted by atomic mass is 19.4.